The number of rotatable bonds is 10. The van der Waals surface area contributed by atoms with Crippen molar-refractivity contribution < 1.29 is 66.8 Å². The second-order valence-electron chi connectivity index (χ2n) is 3.78. The molecule has 0 saturated heterocycles. The number of aldehydes is 1. The van der Waals surface area contributed by atoms with Crippen LogP contribution in [0.25, 0.3) is 0 Å². The van der Waals surface area contributed by atoms with E-state index in [0.29, 0.717) is 0 Å². The molecule has 0 aliphatic rings. The third-order valence-corrected chi connectivity index (χ3v) is 2.43. The second kappa shape index (κ2) is 21.0. The van der Waals surface area contributed by atoms with Crippen molar-refractivity contribution in [1.82, 2.24) is 0 Å². The van der Waals surface area contributed by atoms with E-state index >= 15 is 0 Å². The first-order chi connectivity index (χ1) is 6.41. The van der Waals surface area contributed by atoms with Gasteiger partial charge in [-0.15, -0.1) is 0 Å². The maximum Gasteiger partial charge on any atom is 1.00 e. The van der Waals surface area contributed by atoms with Crippen LogP contribution in [0, 0.1) is 0 Å². The average Bonchev–Trinajstić information content (AvgIpc) is 2.16. The molecule has 0 aromatic heterocycles. The van der Waals surface area contributed by atoms with Crippen LogP contribution < -0.4 is 59.1 Å². The average molecular weight is 232 g/mol. The molecule has 0 aliphatic carbocycles. The zero-order valence-electron chi connectivity index (χ0n) is 13.1. The van der Waals surface area contributed by atoms with Crippen molar-refractivity contribution in [2.45, 2.75) is 71.1 Å². The fourth-order valence-corrected chi connectivity index (χ4v) is 1.54. The largest absolute Gasteiger partial charge is 1.00 e. The van der Waals surface area contributed by atoms with Crippen molar-refractivity contribution in [3.05, 3.63) is 0 Å². The molecule has 82 valence electrons. The quantitative estimate of drug-likeness (QED) is 0.250. The smallest absolute Gasteiger partial charge is 1.00 e. The predicted molar refractivity (Wildman–Crippen MR) is 60.1 cm³/mol. The summed E-state index contributed by atoms with van der Waals surface area (Å²) >= 11 is 0. The van der Waals surface area contributed by atoms with Crippen LogP contribution >= 0.6 is 0 Å². The number of carbonyl (C=O) groups is 1. The molecule has 0 radical (unpaired) electrons. The Morgan fingerprint density at radius 1 is 0.800 bits per heavy atom. The van der Waals surface area contributed by atoms with Gasteiger partial charge in [-0.25, -0.2) is 0 Å². The Bertz CT molecular complexity index is 117. The third-order valence-electron chi connectivity index (χ3n) is 2.43. The summed E-state index contributed by atoms with van der Waals surface area (Å²) in [5, 5.41) is 0. The Morgan fingerprint density at radius 3 is 1.60 bits per heavy atom. The molecule has 0 N–H and O–H groups in total. The maximum absolute atomic E-state index is 10.0. The molecule has 0 unspecified atom stereocenters. The van der Waals surface area contributed by atoms with Crippen molar-refractivity contribution in [2.75, 3.05) is 0 Å². The molecule has 0 heterocycles. The van der Waals surface area contributed by atoms with E-state index in [1.807, 2.05) is 0 Å². The Kier molecular flexibility index (Phi) is 30.7. The van der Waals surface area contributed by atoms with Gasteiger partial charge in [-0.1, -0.05) is 58.3 Å². The van der Waals surface area contributed by atoms with Gasteiger partial charge in [0.05, 0.1) is 0 Å². The minimum Gasteiger partial charge on any atom is -1.00 e. The Balaban J connectivity index is -0.000000120. The molecule has 0 rings (SSSR count). The molecule has 3 heteroatoms. The van der Waals surface area contributed by atoms with E-state index in [0.717, 1.165) is 19.1 Å². The van der Waals surface area contributed by atoms with Gasteiger partial charge in [0.15, 0.2) is 0 Å². The summed E-state index contributed by atoms with van der Waals surface area (Å²) in [4.78, 5) is 10.0. The van der Waals surface area contributed by atoms with Gasteiger partial charge in [0.2, 0.25) is 0 Å². The summed E-state index contributed by atoms with van der Waals surface area (Å²) < 4.78 is 0. The molecule has 0 spiro atoms. The van der Waals surface area contributed by atoms with Crippen LogP contribution in [-0.4, -0.2) is 6.29 Å². The van der Waals surface area contributed by atoms with Crippen LogP contribution in [0.3, 0.4) is 0 Å². The molecule has 0 atom stereocenters. The molecular weight excluding hydrogens is 206 g/mol. The number of unbranched alkanes of at least 4 members (excludes halogenated alkanes) is 9. The van der Waals surface area contributed by atoms with E-state index in [4.69, 9.17) is 0 Å². The molecule has 0 saturated carbocycles. The summed E-state index contributed by atoms with van der Waals surface area (Å²) in [6, 6.07) is 0. The van der Waals surface area contributed by atoms with Crippen molar-refractivity contribution in [3.63, 3.8) is 0 Å². The fraction of sp³-hybridized carbons (Fsp3) is 0.917. The van der Waals surface area contributed by atoms with Gasteiger partial charge in [-0.2, -0.15) is 0 Å². The molecule has 0 fully saturated rings. The molecule has 1 nitrogen and oxygen atoms in total. The van der Waals surface area contributed by atoms with Gasteiger partial charge in [-0.3, -0.25) is 0 Å². The van der Waals surface area contributed by atoms with Crippen molar-refractivity contribution in [1.29, 1.82) is 0 Å². The SMILES string of the molecule is CCCCCCCCCCCC=O.[H-].[H-].[Na+].[Na+]. The van der Waals surface area contributed by atoms with E-state index in [1.165, 1.54) is 51.4 Å². The predicted octanol–water partition coefficient (Wildman–Crippen LogP) is -1.66. The number of hydrogen-bond donors (Lipinski definition) is 0. The minimum absolute atomic E-state index is 0. The first-order valence-electron chi connectivity index (χ1n) is 5.85. The monoisotopic (exact) mass is 232 g/mol. The van der Waals surface area contributed by atoms with Crippen LogP contribution in [0.4, 0.5) is 0 Å². The molecule has 0 amide bonds. The first kappa shape index (κ1) is 21.9. The normalized spacial score (nSPS) is 8.87. The van der Waals surface area contributed by atoms with Gasteiger partial charge in [0.1, 0.15) is 6.29 Å². The van der Waals surface area contributed by atoms with Gasteiger partial charge in [0, 0.05) is 6.42 Å². The summed E-state index contributed by atoms with van der Waals surface area (Å²) in [6.45, 7) is 2.25. The molecular formula is C12H26Na2O. The van der Waals surface area contributed by atoms with E-state index in [1.54, 1.807) is 0 Å². The van der Waals surface area contributed by atoms with Crippen LogP contribution in [0.2, 0.25) is 0 Å². The summed E-state index contributed by atoms with van der Waals surface area (Å²) in [5.41, 5.74) is 0. The van der Waals surface area contributed by atoms with Crippen LogP contribution in [0.15, 0.2) is 0 Å². The second-order valence-corrected chi connectivity index (χ2v) is 3.78. The molecule has 0 bridgehead atoms. The zero-order valence-corrected chi connectivity index (χ0v) is 15.1. The van der Waals surface area contributed by atoms with Crippen molar-refractivity contribution in [2.24, 2.45) is 0 Å². The minimum atomic E-state index is 0. The van der Waals surface area contributed by atoms with Crippen LogP contribution in [0.5, 0.6) is 0 Å². The summed E-state index contributed by atoms with van der Waals surface area (Å²) in [7, 11) is 0. The Labute approximate surface area is 143 Å². The van der Waals surface area contributed by atoms with Crippen LogP contribution in [-0.2, 0) is 4.79 Å². The zero-order chi connectivity index (χ0) is 9.78. The van der Waals surface area contributed by atoms with E-state index in [2.05, 4.69) is 6.92 Å². The van der Waals surface area contributed by atoms with E-state index in [-0.39, 0.29) is 62.0 Å². The van der Waals surface area contributed by atoms with Gasteiger partial charge >= 0.3 is 59.1 Å². The Hall–Kier alpha value is 1.67. The van der Waals surface area contributed by atoms with Gasteiger partial charge < -0.3 is 7.65 Å². The maximum atomic E-state index is 10.0. The summed E-state index contributed by atoms with van der Waals surface area (Å²) in [5.74, 6) is 0. The van der Waals surface area contributed by atoms with Gasteiger partial charge in [0.25, 0.3) is 0 Å². The molecule has 0 aromatic rings. The van der Waals surface area contributed by atoms with Crippen molar-refractivity contribution >= 4 is 6.29 Å². The molecule has 0 aliphatic heterocycles. The standard InChI is InChI=1S/C12H24O.2Na.2H/c1-2-3-4-5-6-7-8-9-10-11-12-13;;;;/h12H,2-11H2,1H3;;;;/q;2*+1;2*-1. The number of carbonyl (C=O) groups excluding carboxylic acids is 1. The molecule has 0 aromatic carbocycles. The first-order valence-corrected chi connectivity index (χ1v) is 5.85. The van der Waals surface area contributed by atoms with Gasteiger partial charge in [-0.05, 0) is 6.42 Å². The fourth-order valence-electron chi connectivity index (χ4n) is 1.54. The Morgan fingerprint density at radius 2 is 1.20 bits per heavy atom. The third kappa shape index (κ3) is 21.5. The van der Waals surface area contributed by atoms with E-state index in [9.17, 15) is 4.79 Å². The topological polar surface area (TPSA) is 17.1 Å². The molecule has 15 heavy (non-hydrogen) atoms. The van der Waals surface area contributed by atoms with Crippen LogP contribution in [0.1, 0.15) is 74.0 Å². The van der Waals surface area contributed by atoms with Crippen molar-refractivity contribution in [3.8, 4) is 0 Å². The number of hydrogen-bond acceptors (Lipinski definition) is 1. The summed E-state index contributed by atoms with van der Waals surface area (Å²) in [6.07, 6.45) is 13.7. The van der Waals surface area contributed by atoms with E-state index < -0.39 is 0 Å².